The lowest BCUT2D eigenvalue weighted by molar-refractivity contribution is 0.193. The number of aromatic nitrogens is 2. The molecular formula is C16H22N4. The average molecular weight is 270 g/mol. The maximum Gasteiger partial charge on any atom is 0.0769 e. The van der Waals surface area contributed by atoms with Crippen LogP contribution in [0.1, 0.15) is 18.5 Å². The van der Waals surface area contributed by atoms with Crippen molar-refractivity contribution in [1.82, 2.24) is 20.0 Å². The molecular weight excluding hydrogens is 248 g/mol. The van der Waals surface area contributed by atoms with Crippen molar-refractivity contribution < 1.29 is 0 Å². The lowest BCUT2D eigenvalue weighted by atomic mass is 10.1. The smallest absolute Gasteiger partial charge is 0.0769 e. The first kappa shape index (κ1) is 13.3. The number of hydrogen-bond acceptors (Lipinski definition) is 3. The van der Waals surface area contributed by atoms with E-state index in [1.54, 1.807) is 0 Å². The molecule has 20 heavy (non-hydrogen) atoms. The molecule has 1 fully saturated rings. The monoisotopic (exact) mass is 270 g/mol. The Bertz CT molecular complexity index is 528. The third-order valence-electron chi connectivity index (χ3n) is 3.97. The topological polar surface area (TPSA) is 33.1 Å². The predicted molar refractivity (Wildman–Crippen MR) is 80.9 cm³/mol. The van der Waals surface area contributed by atoms with Crippen molar-refractivity contribution in [3.63, 3.8) is 0 Å². The van der Waals surface area contributed by atoms with E-state index in [0.717, 1.165) is 31.0 Å². The van der Waals surface area contributed by atoms with Crippen LogP contribution < -0.4 is 5.32 Å². The molecule has 1 saturated heterocycles. The van der Waals surface area contributed by atoms with Crippen LogP contribution in [-0.2, 0) is 6.54 Å². The molecule has 0 bridgehead atoms. The van der Waals surface area contributed by atoms with Gasteiger partial charge in [-0.05, 0) is 44.6 Å². The molecule has 1 aliphatic rings. The van der Waals surface area contributed by atoms with E-state index in [-0.39, 0.29) is 0 Å². The molecule has 1 atom stereocenters. The molecule has 1 aromatic carbocycles. The molecule has 0 radical (unpaired) electrons. The van der Waals surface area contributed by atoms with Crippen LogP contribution in [0.25, 0.3) is 5.69 Å². The minimum absolute atomic E-state index is 0.630. The Kier molecular flexibility index (Phi) is 4.14. The number of nitrogens with one attached hydrogen (secondary N) is 1. The third kappa shape index (κ3) is 3.08. The van der Waals surface area contributed by atoms with E-state index in [1.807, 2.05) is 29.1 Å². The summed E-state index contributed by atoms with van der Waals surface area (Å²) in [5.74, 6) is 0. The summed E-state index contributed by atoms with van der Waals surface area (Å²) >= 11 is 0. The van der Waals surface area contributed by atoms with Crippen LogP contribution in [0.4, 0.5) is 0 Å². The van der Waals surface area contributed by atoms with E-state index in [2.05, 4.69) is 40.6 Å². The van der Waals surface area contributed by atoms with E-state index in [4.69, 9.17) is 0 Å². The average Bonchev–Trinajstić information content (AvgIpc) is 2.97. The van der Waals surface area contributed by atoms with Gasteiger partial charge in [-0.1, -0.05) is 18.2 Å². The van der Waals surface area contributed by atoms with E-state index in [1.165, 1.54) is 12.8 Å². The Morgan fingerprint density at radius 3 is 2.90 bits per heavy atom. The fourth-order valence-corrected chi connectivity index (χ4v) is 2.76. The predicted octanol–water partition coefficient (Wildman–Crippen LogP) is 2.06. The number of nitrogens with zero attached hydrogens (tertiary/aromatic N) is 3. The summed E-state index contributed by atoms with van der Waals surface area (Å²) in [5.41, 5.74) is 2.24. The van der Waals surface area contributed by atoms with Gasteiger partial charge in [-0.25, -0.2) is 4.68 Å². The van der Waals surface area contributed by atoms with Crippen LogP contribution in [0.2, 0.25) is 0 Å². The quantitative estimate of drug-likeness (QED) is 0.923. The van der Waals surface area contributed by atoms with E-state index >= 15 is 0 Å². The molecule has 0 aliphatic carbocycles. The highest BCUT2D eigenvalue weighted by molar-refractivity contribution is 5.30. The Balaban J connectivity index is 1.65. The van der Waals surface area contributed by atoms with Gasteiger partial charge >= 0.3 is 0 Å². The summed E-state index contributed by atoms with van der Waals surface area (Å²) in [5, 5.41) is 8.14. The van der Waals surface area contributed by atoms with Gasteiger partial charge in [-0.3, -0.25) is 4.90 Å². The van der Waals surface area contributed by atoms with Crippen molar-refractivity contribution in [3.05, 3.63) is 48.3 Å². The molecule has 1 aromatic heterocycles. The van der Waals surface area contributed by atoms with Crippen molar-refractivity contribution in [3.8, 4) is 5.69 Å². The molecule has 2 aromatic rings. The van der Waals surface area contributed by atoms with Crippen LogP contribution in [0, 0.1) is 0 Å². The van der Waals surface area contributed by atoms with Gasteiger partial charge in [0.15, 0.2) is 0 Å². The van der Waals surface area contributed by atoms with Crippen LogP contribution in [-0.4, -0.2) is 40.9 Å². The SMILES string of the molecule is CN(Cc1ccn(-c2ccccc2)n1)C1CCCNC1. The van der Waals surface area contributed by atoms with Crippen LogP contribution in [0.3, 0.4) is 0 Å². The van der Waals surface area contributed by atoms with Gasteiger partial charge in [0, 0.05) is 25.3 Å². The number of rotatable bonds is 4. The minimum Gasteiger partial charge on any atom is -0.315 e. The molecule has 0 amide bonds. The molecule has 0 spiro atoms. The van der Waals surface area contributed by atoms with Crippen molar-refractivity contribution in [2.45, 2.75) is 25.4 Å². The van der Waals surface area contributed by atoms with Gasteiger partial charge in [0.25, 0.3) is 0 Å². The molecule has 106 valence electrons. The number of benzene rings is 1. The van der Waals surface area contributed by atoms with E-state index in [9.17, 15) is 0 Å². The zero-order valence-corrected chi connectivity index (χ0v) is 12.0. The fourth-order valence-electron chi connectivity index (χ4n) is 2.76. The van der Waals surface area contributed by atoms with Gasteiger partial charge in [0.1, 0.15) is 0 Å². The highest BCUT2D eigenvalue weighted by Gasteiger charge is 2.18. The summed E-state index contributed by atoms with van der Waals surface area (Å²) in [4.78, 5) is 2.41. The number of likely N-dealkylation sites (N-methyl/N-ethyl adjacent to an activating group) is 1. The lowest BCUT2D eigenvalue weighted by Gasteiger charge is -2.31. The molecule has 2 heterocycles. The zero-order chi connectivity index (χ0) is 13.8. The molecule has 1 aliphatic heterocycles. The molecule has 4 nitrogen and oxygen atoms in total. The maximum atomic E-state index is 4.67. The summed E-state index contributed by atoms with van der Waals surface area (Å²) in [6, 6.07) is 13.0. The Morgan fingerprint density at radius 1 is 1.30 bits per heavy atom. The summed E-state index contributed by atoms with van der Waals surface area (Å²) in [7, 11) is 2.19. The Labute approximate surface area is 120 Å². The van der Waals surface area contributed by atoms with Crippen LogP contribution in [0.15, 0.2) is 42.6 Å². The van der Waals surface area contributed by atoms with Crippen LogP contribution in [0.5, 0.6) is 0 Å². The molecule has 1 N–H and O–H groups in total. The molecule has 4 heteroatoms. The van der Waals surface area contributed by atoms with Gasteiger partial charge in [-0.15, -0.1) is 0 Å². The highest BCUT2D eigenvalue weighted by Crippen LogP contribution is 2.13. The van der Waals surface area contributed by atoms with Gasteiger partial charge in [0.2, 0.25) is 0 Å². The van der Waals surface area contributed by atoms with Crippen molar-refractivity contribution >= 4 is 0 Å². The van der Waals surface area contributed by atoms with Crippen molar-refractivity contribution in [2.75, 3.05) is 20.1 Å². The molecule has 1 unspecified atom stereocenters. The first-order valence-corrected chi connectivity index (χ1v) is 7.34. The van der Waals surface area contributed by atoms with Gasteiger partial charge < -0.3 is 5.32 Å². The maximum absolute atomic E-state index is 4.67. The largest absolute Gasteiger partial charge is 0.315 e. The lowest BCUT2D eigenvalue weighted by Crippen LogP contribution is -2.43. The first-order chi connectivity index (χ1) is 9.83. The number of para-hydroxylation sites is 1. The van der Waals surface area contributed by atoms with E-state index < -0.39 is 0 Å². The molecule has 0 saturated carbocycles. The second-order valence-corrected chi connectivity index (χ2v) is 5.50. The summed E-state index contributed by atoms with van der Waals surface area (Å²) in [6.45, 7) is 3.16. The number of hydrogen-bond donors (Lipinski definition) is 1. The van der Waals surface area contributed by atoms with Gasteiger partial charge in [0.05, 0.1) is 11.4 Å². The summed E-state index contributed by atoms with van der Waals surface area (Å²) < 4.78 is 1.95. The Morgan fingerprint density at radius 2 is 2.15 bits per heavy atom. The number of piperidine rings is 1. The van der Waals surface area contributed by atoms with Crippen molar-refractivity contribution in [1.29, 1.82) is 0 Å². The second kappa shape index (κ2) is 6.20. The standard InChI is InChI=1S/C16H22N4/c1-19(16-8-5-10-17-12-16)13-14-9-11-20(18-14)15-6-3-2-4-7-15/h2-4,6-7,9,11,16-17H,5,8,10,12-13H2,1H3. The fraction of sp³-hybridized carbons (Fsp3) is 0.438. The zero-order valence-electron chi connectivity index (χ0n) is 12.0. The normalized spacial score (nSPS) is 19.4. The van der Waals surface area contributed by atoms with E-state index in [0.29, 0.717) is 6.04 Å². The van der Waals surface area contributed by atoms with Crippen LogP contribution >= 0.6 is 0 Å². The second-order valence-electron chi connectivity index (χ2n) is 5.50. The highest BCUT2D eigenvalue weighted by atomic mass is 15.3. The Hall–Kier alpha value is -1.65. The summed E-state index contributed by atoms with van der Waals surface area (Å²) in [6.07, 6.45) is 4.59. The van der Waals surface area contributed by atoms with Gasteiger partial charge in [-0.2, -0.15) is 5.10 Å². The molecule has 3 rings (SSSR count). The minimum atomic E-state index is 0.630. The van der Waals surface area contributed by atoms with Crippen molar-refractivity contribution in [2.24, 2.45) is 0 Å². The third-order valence-corrected chi connectivity index (χ3v) is 3.97. The first-order valence-electron chi connectivity index (χ1n) is 7.34.